The quantitative estimate of drug-likeness (QED) is 0.720. The lowest BCUT2D eigenvalue weighted by Gasteiger charge is -2.37. The van der Waals surface area contributed by atoms with Crippen LogP contribution in [0.5, 0.6) is 0 Å². The Morgan fingerprint density at radius 1 is 1.31 bits per heavy atom. The van der Waals surface area contributed by atoms with E-state index in [1.54, 1.807) is 13.8 Å². The maximum Gasteiger partial charge on any atom is 0.329 e. The minimum Gasteiger partial charge on any atom is -0.480 e. The smallest absolute Gasteiger partial charge is 0.329 e. The first-order chi connectivity index (χ1) is 5.71. The van der Waals surface area contributed by atoms with Crippen molar-refractivity contribution in [2.75, 3.05) is 0 Å². The lowest BCUT2D eigenvalue weighted by Crippen LogP contribution is -2.55. The number of hydrogen-bond acceptors (Lipinski definition) is 2. The Labute approximate surface area is 78.5 Å². The fraction of sp³-hybridized carbons (Fsp3) is 0.778. The van der Waals surface area contributed by atoms with Gasteiger partial charge in [-0.1, -0.05) is 0 Å². The lowest BCUT2D eigenvalue weighted by atomic mass is 10.0. The predicted molar refractivity (Wildman–Crippen MR) is 49.4 cm³/mol. The number of carboxylic acid groups (broad SMARTS) is 1. The van der Waals surface area contributed by atoms with Gasteiger partial charge < -0.3 is 10.0 Å². The van der Waals surface area contributed by atoms with Gasteiger partial charge >= 0.3 is 5.97 Å². The Morgan fingerprint density at radius 2 is 1.69 bits per heavy atom. The molecule has 0 aromatic rings. The minimum absolute atomic E-state index is 0.108. The van der Waals surface area contributed by atoms with E-state index in [0.29, 0.717) is 0 Å². The molecule has 0 radical (unpaired) electrons. The fourth-order valence-corrected chi connectivity index (χ4v) is 1.51. The van der Waals surface area contributed by atoms with Crippen LogP contribution in [0, 0.1) is 0 Å². The molecule has 4 heteroatoms. The first kappa shape index (κ1) is 11.9. The van der Waals surface area contributed by atoms with Crippen LogP contribution in [-0.4, -0.2) is 33.5 Å². The average molecular weight is 187 g/mol. The Kier molecular flexibility index (Phi) is 3.46. The Balaban J connectivity index is 4.94. The third-order valence-corrected chi connectivity index (χ3v) is 1.98. The van der Waals surface area contributed by atoms with Crippen molar-refractivity contribution in [2.45, 2.75) is 46.2 Å². The fourth-order valence-electron chi connectivity index (χ4n) is 1.51. The minimum atomic E-state index is -1.14. The highest BCUT2D eigenvalue weighted by atomic mass is 16.4. The number of hydrogen-bond donors (Lipinski definition) is 1. The van der Waals surface area contributed by atoms with Crippen molar-refractivity contribution >= 4 is 11.9 Å². The molecule has 0 aliphatic rings. The maximum atomic E-state index is 11.2. The van der Waals surface area contributed by atoms with E-state index in [9.17, 15) is 9.59 Å². The average Bonchev–Trinajstić information content (AvgIpc) is 1.82. The molecule has 0 fully saturated rings. The standard InChI is InChI=1S/C9H17NO3/c1-6(2)10(7(3)11)9(4,5)8(12)13/h6H,1-5H3,(H,12,13). The normalized spacial score (nSPS) is 11.5. The van der Waals surface area contributed by atoms with Crippen molar-refractivity contribution in [3.63, 3.8) is 0 Å². The van der Waals surface area contributed by atoms with Crippen molar-refractivity contribution in [3.8, 4) is 0 Å². The monoisotopic (exact) mass is 187 g/mol. The molecule has 0 unspecified atom stereocenters. The Bertz CT molecular complexity index is 221. The van der Waals surface area contributed by atoms with Crippen LogP contribution in [0.25, 0.3) is 0 Å². The van der Waals surface area contributed by atoms with E-state index < -0.39 is 11.5 Å². The Hall–Kier alpha value is -1.06. The lowest BCUT2D eigenvalue weighted by molar-refractivity contribution is -0.158. The number of rotatable bonds is 3. The van der Waals surface area contributed by atoms with Crippen LogP contribution >= 0.6 is 0 Å². The van der Waals surface area contributed by atoms with E-state index in [1.165, 1.54) is 25.7 Å². The van der Waals surface area contributed by atoms with Crippen molar-refractivity contribution in [1.82, 2.24) is 4.90 Å². The van der Waals surface area contributed by atoms with Gasteiger partial charge in [-0.2, -0.15) is 0 Å². The van der Waals surface area contributed by atoms with E-state index in [2.05, 4.69) is 0 Å². The maximum absolute atomic E-state index is 11.2. The molecule has 0 saturated heterocycles. The molecule has 13 heavy (non-hydrogen) atoms. The molecule has 0 heterocycles. The summed E-state index contributed by atoms with van der Waals surface area (Å²) >= 11 is 0. The molecular weight excluding hydrogens is 170 g/mol. The molecule has 0 bridgehead atoms. The van der Waals surface area contributed by atoms with Crippen LogP contribution in [0.15, 0.2) is 0 Å². The third-order valence-electron chi connectivity index (χ3n) is 1.98. The van der Waals surface area contributed by atoms with Crippen LogP contribution < -0.4 is 0 Å². The number of nitrogens with zero attached hydrogens (tertiary/aromatic N) is 1. The van der Waals surface area contributed by atoms with Gasteiger partial charge in [-0.3, -0.25) is 4.79 Å². The highest BCUT2D eigenvalue weighted by Gasteiger charge is 2.37. The van der Waals surface area contributed by atoms with Crippen LogP contribution in [0.4, 0.5) is 0 Å². The number of carbonyl (C=O) groups excluding carboxylic acids is 1. The molecular formula is C9H17NO3. The van der Waals surface area contributed by atoms with Crippen LogP contribution in [0.2, 0.25) is 0 Å². The highest BCUT2D eigenvalue weighted by molar-refractivity contribution is 5.85. The number of aliphatic carboxylic acids is 1. The van der Waals surface area contributed by atoms with Crippen LogP contribution in [0.3, 0.4) is 0 Å². The van der Waals surface area contributed by atoms with Gasteiger partial charge in [0.05, 0.1) is 0 Å². The highest BCUT2D eigenvalue weighted by Crippen LogP contribution is 2.18. The topological polar surface area (TPSA) is 57.6 Å². The molecule has 0 aliphatic carbocycles. The van der Waals surface area contributed by atoms with Crippen molar-refractivity contribution < 1.29 is 14.7 Å². The molecule has 76 valence electrons. The second kappa shape index (κ2) is 3.77. The number of carboxylic acids is 1. The summed E-state index contributed by atoms with van der Waals surface area (Å²) in [5.41, 5.74) is -1.14. The molecule has 0 aromatic heterocycles. The van der Waals surface area contributed by atoms with Crippen molar-refractivity contribution in [1.29, 1.82) is 0 Å². The van der Waals surface area contributed by atoms with E-state index in [1.807, 2.05) is 0 Å². The molecule has 4 nitrogen and oxygen atoms in total. The van der Waals surface area contributed by atoms with Crippen molar-refractivity contribution in [3.05, 3.63) is 0 Å². The zero-order valence-corrected chi connectivity index (χ0v) is 8.79. The summed E-state index contributed by atoms with van der Waals surface area (Å²) in [4.78, 5) is 23.4. The number of amides is 1. The summed E-state index contributed by atoms with van der Waals surface area (Å²) in [6.07, 6.45) is 0. The van der Waals surface area contributed by atoms with E-state index in [0.717, 1.165) is 0 Å². The van der Waals surface area contributed by atoms with E-state index in [4.69, 9.17) is 5.11 Å². The zero-order valence-electron chi connectivity index (χ0n) is 8.79. The second-order valence-electron chi connectivity index (χ2n) is 3.85. The summed E-state index contributed by atoms with van der Waals surface area (Å²) in [5.74, 6) is -1.21. The van der Waals surface area contributed by atoms with Gasteiger partial charge in [0.15, 0.2) is 0 Å². The first-order valence-corrected chi connectivity index (χ1v) is 4.24. The summed E-state index contributed by atoms with van der Waals surface area (Å²) in [6.45, 7) is 8.02. The second-order valence-corrected chi connectivity index (χ2v) is 3.85. The van der Waals surface area contributed by atoms with Crippen LogP contribution in [0.1, 0.15) is 34.6 Å². The first-order valence-electron chi connectivity index (χ1n) is 4.24. The van der Waals surface area contributed by atoms with Gasteiger partial charge in [-0.05, 0) is 27.7 Å². The van der Waals surface area contributed by atoms with Gasteiger partial charge in [0.1, 0.15) is 5.54 Å². The molecule has 0 rings (SSSR count). The van der Waals surface area contributed by atoms with Gasteiger partial charge in [-0.25, -0.2) is 4.79 Å². The van der Waals surface area contributed by atoms with E-state index >= 15 is 0 Å². The van der Waals surface area contributed by atoms with Gasteiger partial charge in [0.2, 0.25) is 5.91 Å². The molecule has 0 saturated carbocycles. The third kappa shape index (κ3) is 2.44. The van der Waals surface area contributed by atoms with Gasteiger partial charge in [0.25, 0.3) is 0 Å². The molecule has 0 atom stereocenters. The predicted octanol–water partition coefficient (Wildman–Crippen LogP) is 1.11. The molecule has 0 aliphatic heterocycles. The largest absolute Gasteiger partial charge is 0.480 e. The zero-order chi connectivity index (χ0) is 10.8. The SMILES string of the molecule is CC(=O)N(C(C)C)C(C)(C)C(=O)O. The van der Waals surface area contributed by atoms with E-state index in [-0.39, 0.29) is 11.9 Å². The van der Waals surface area contributed by atoms with Gasteiger partial charge in [-0.15, -0.1) is 0 Å². The van der Waals surface area contributed by atoms with Gasteiger partial charge in [0, 0.05) is 13.0 Å². The summed E-state index contributed by atoms with van der Waals surface area (Å²) < 4.78 is 0. The summed E-state index contributed by atoms with van der Waals surface area (Å²) in [6, 6.07) is -0.108. The molecule has 1 amide bonds. The summed E-state index contributed by atoms with van der Waals surface area (Å²) in [5, 5.41) is 8.92. The molecule has 0 aromatic carbocycles. The summed E-state index contributed by atoms with van der Waals surface area (Å²) in [7, 11) is 0. The molecule has 0 spiro atoms. The van der Waals surface area contributed by atoms with Crippen LogP contribution in [-0.2, 0) is 9.59 Å². The molecule has 1 N–H and O–H groups in total. The van der Waals surface area contributed by atoms with Crippen molar-refractivity contribution in [2.24, 2.45) is 0 Å². The Morgan fingerprint density at radius 3 is 1.77 bits per heavy atom. The number of carbonyl (C=O) groups is 2.